The van der Waals surface area contributed by atoms with E-state index in [-0.39, 0.29) is 23.5 Å². The van der Waals surface area contributed by atoms with Crippen LogP contribution in [0.3, 0.4) is 0 Å². The normalized spacial score (nSPS) is 17.2. The van der Waals surface area contributed by atoms with E-state index in [4.69, 9.17) is 9.47 Å². The topological polar surface area (TPSA) is 90.7 Å². The maximum absolute atomic E-state index is 13.2. The van der Waals surface area contributed by atoms with Crippen LogP contribution in [0, 0.1) is 0 Å². The van der Waals surface area contributed by atoms with E-state index in [1.54, 1.807) is 42.0 Å². The molecule has 0 saturated carbocycles. The lowest BCUT2D eigenvalue weighted by atomic mass is 9.99. The minimum Gasteiger partial charge on any atom is -0.491 e. The van der Waals surface area contributed by atoms with E-state index < -0.39 is 10.0 Å². The van der Waals surface area contributed by atoms with Crippen LogP contribution in [0.4, 0.5) is 0 Å². The van der Waals surface area contributed by atoms with E-state index >= 15 is 0 Å². The summed E-state index contributed by atoms with van der Waals surface area (Å²) in [6.07, 6.45) is 3.44. The Morgan fingerprint density at radius 3 is 2.59 bits per heavy atom. The first-order chi connectivity index (χ1) is 15.3. The molecule has 1 fully saturated rings. The molecule has 1 aliphatic rings. The van der Waals surface area contributed by atoms with Gasteiger partial charge in [0.25, 0.3) is 0 Å². The molecule has 0 radical (unpaired) electrons. The monoisotopic (exact) mass is 457 g/mol. The molecule has 1 aliphatic heterocycles. The van der Waals surface area contributed by atoms with Crippen LogP contribution in [0.25, 0.3) is 11.0 Å². The maximum Gasteiger partial charge on any atom is 0.243 e. The molecule has 0 bridgehead atoms. The van der Waals surface area contributed by atoms with Gasteiger partial charge in [-0.1, -0.05) is 0 Å². The zero-order valence-electron chi connectivity index (χ0n) is 18.4. The number of hydrogen-bond donors (Lipinski definition) is 0. The zero-order valence-corrected chi connectivity index (χ0v) is 19.2. The van der Waals surface area contributed by atoms with E-state index in [0.717, 1.165) is 17.2 Å². The third-order valence-electron chi connectivity index (χ3n) is 5.63. The predicted octanol–water partition coefficient (Wildman–Crippen LogP) is 3.21. The molecule has 0 spiro atoms. The first-order valence-electron chi connectivity index (χ1n) is 10.6. The second kappa shape index (κ2) is 8.91. The van der Waals surface area contributed by atoms with Crippen molar-refractivity contribution < 1.29 is 22.7 Å². The molecule has 0 aliphatic carbocycles. The fourth-order valence-corrected chi connectivity index (χ4v) is 5.64. The molecule has 3 aromatic rings. The SMILES string of the molecule is COc1ccc2c(C3CCN(S(=O)(=O)c4ccc(OC(C)C)cc4)C3)cn(CC=O)c2n1. The lowest BCUT2D eigenvalue weighted by Gasteiger charge is -2.17. The highest BCUT2D eigenvalue weighted by molar-refractivity contribution is 7.89. The van der Waals surface area contributed by atoms with Crippen LogP contribution in [0.2, 0.25) is 0 Å². The molecule has 1 saturated heterocycles. The van der Waals surface area contributed by atoms with Crippen molar-refractivity contribution in [2.75, 3.05) is 20.2 Å². The number of carbonyl (C=O) groups is 1. The summed E-state index contributed by atoms with van der Waals surface area (Å²) >= 11 is 0. The quantitative estimate of drug-likeness (QED) is 0.483. The summed E-state index contributed by atoms with van der Waals surface area (Å²) in [6.45, 7) is 4.83. The van der Waals surface area contributed by atoms with Gasteiger partial charge in [-0.25, -0.2) is 8.42 Å². The minimum absolute atomic E-state index is 0.0129. The summed E-state index contributed by atoms with van der Waals surface area (Å²) < 4.78 is 40.5. The molecule has 8 nitrogen and oxygen atoms in total. The number of carbonyl (C=O) groups excluding carboxylic acids is 1. The molecule has 170 valence electrons. The molecule has 4 rings (SSSR count). The Kier molecular flexibility index (Phi) is 6.21. The van der Waals surface area contributed by atoms with Gasteiger partial charge in [0.1, 0.15) is 17.7 Å². The summed E-state index contributed by atoms with van der Waals surface area (Å²) in [7, 11) is -2.07. The van der Waals surface area contributed by atoms with Crippen LogP contribution >= 0.6 is 0 Å². The highest BCUT2D eigenvalue weighted by Gasteiger charge is 2.34. The first-order valence-corrected chi connectivity index (χ1v) is 12.0. The van der Waals surface area contributed by atoms with Crippen LogP contribution in [-0.2, 0) is 21.4 Å². The third-order valence-corrected chi connectivity index (χ3v) is 7.51. The Morgan fingerprint density at radius 2 is 1.94 bits per heavy atom. The van der Waals surface area contributed by atoms with E-state index in [1.165, 1.54) is 4.31 Å². The average molecular weight is 458 g/mol. The second-order valence-corrected chi connectivity index (χ2v) is 10.1. The van der Waals surface area contributed by atoms with Gasteiger partial charge in [-0.15, -0.1) is 0 Å². The number of fused-ring (bicyclic) bond motifs is 1. The Hall–Kier alpha value is -2.91. The number of hydrogen-bond acceptors (Lipinski definition) is 6. The second-order valence-electron chi connectivity index (χ2n) is 8.11. The van der Waals surface area contributed by atoms with Crippen molar-refractivity contribution in [3.63, 3.8) is 0 Å². The van der Waals surface area contributed by atoms with Gasteiger partial charge in [0, 0.05) is 36.7 Å². The largest absolute Gasteiger partial charge is 0.491 e. The van der Waals surface area contributed by atoms with E-state index in [9.17, 15) is 13.2 Å². The molecule has 2 aromatic heterocycles. The standard InChI is InChI=1S/C23H27N3O5S/c1-16(2)31-18-4-6-19(7-5-18)32(28,29)26-11-10-17(14-26)21-15-25(12-13-27)23-20(21)8-9-22(24-23)30-3/h4-9,13,15-17H,10-12,14H2,1-3H3. The Morgan fingerprint density at radius 1 is 1.19 bits per heavy atom. The molecule has 0 amide bonds. The average Bonchev–Trinajstić information content (AvgIpc) is 3.39. The Bertz CT molecular complexity index is 1220. The molecule has 3 heterocycles. The van der Waals surface area contributed by atoms with Crippen molar-refractivity contribution in [3.8, 4) is 11.6 Å². The molecule has 0 N–H and O–H groups in total. The van der Waals surface area contributed by atoms with Gasteiger partial charge in [-0.05, 0) is 56.2 Å². The van der Waals surface area contributed by atoms with Crippen LogP contribution < -0.4 is 9.47 Å². The van der Waals surface area contributed by atoms with Crippen molar-refractivity contribution in [1.82, 2.24) is 13.9 Å². The van der Waals surface area contributed by atoms with E-state index in [1.807, 2.05) is 26.1 Å². The highest BCUT2D eigenvalue weighted by atomic mass is 32.2. The van der Waals surface area contributed by atoms with Crippen molar-refractivity contribution in [2.45, 2.75) is 43.7 Å². The van der Waals surface area contributed by atoms with Gasteiger partial charge < -0.3 is 18.8 Å². The molecule has 1 unspecified atom stereocenters. The minimum atomic E-state index is -3.61. The number of rotatable bonds is 8. The van der Waals surface area contributed by atoms with Gasteiger partial charge in [-0.3, -0.25) is 0 Å². The lowest BCUT2D eigenvalue weighted by molar-refractivity contribution is -0.108. The Labute approximate surface area is 187 Å². The van der Waals surface area contributed by atoms with Gasteiger partial charge in [0.2, 0.25) is 15.9 Å². The fraction of sp³-hybridized carbons (Fsp3) is 0.391. The van der Waals surface area contributed by atoms with Crippen LogP contribution in [0.15, 0.2) is 47.5 Å². The molecule has 9 heteroatoms. The molecular formula is C23H27N3O5S. The summed E-state index contributed by atoms with van der Waals surface area (Å²) in [4.78, 5) is 15.9. The number of nitrogens with zero attached hydrogens (tertiary/aromatic N) is 3. The summed E-state index contributed by atoms with van der Waals surface area (Å²) in [5.41, 5.74) is 1.66. The Balaban J connectivity index is 1.59. The van der Waals surface area contributed by atoms with Gasteiger partial charge in [-0.2, -0.15) is 9.29 Å². The van der Waals surface area contributed by atoms with Crippen LogP contribution in [0.5, 0.6) is 11.6 Å². The fourth-order valence-electron chi connectivity index (χ4n) is 4.14. The predicted molar refractivity (Wildman–Crippen MR) is 121 cm³/mol. The number of aldehydes is 1. The number of aromatic nitrogens is 2. The molecular weight excluding hydrogens is 430 g/mol. The van der Waals surface area contributed by atoms with E-state index in [0.29, 0.717) is 36.8 Å². The first kappa shape index (κ1) is 22.3. The number of benzene rings is 1. The lowest BCUT2D eigenvalue weighted by Crippen LogP contribution is -2.28. The smallest absolute Gasteiger partial charge is 0.243 e. The zero-order chi connectivity index (χ0) is 22.9. The van der Waals surface area contributed by atoms with Gasteiger partial charge in [0.05, 0.1) is 24.7 Å². The van der Waals surface area contributed by atoms with Crippen molar-refractivity contribution in [2.24, 2.45) is 0 Å². The number of ether oxygens (including phenoxy) is 2. The van der Waals surface area contributed by atoms with Crippen molar-refractivity contribution in [3.05, 3.63) is 48.2 Å². The van der Waals surface area contributed by atoms with Crippen molar-refractivity contribution >= 4 is 27.3 Å². The molecule has 1 aromatic carbocycles. The van der Waals surface area contributed by atoms with Gasteiger partial charge >= 0.3 is 0 Å². The van der Waals surface area contributed by atoms with E-state index in [2.05, 4.69) is 4.98 Å². The third kappa shape index (κ3) is 4.22. The summed E-state index contributed by atoms with van der Waals surface area (Å²) in [5, 5.41) is 0.909. The highest BCUT2D eigenvalue weighted by Crippen LogP contribution is 2.36. The summed E-state index contributed by atoms with van der Waals surface area (Å²) in [5.74, 6) is 1.12. The van der Waals surface area contributed by atoms with Crippen LogP contribution in [0.1, 0.15) is 31.7 Å². The summed E-state index contributed by atoms with van der Waals surface area (Å²) in [6, 6.07) is 10.3. The number of methoxy groups -OCH3 is 1. The number of pyridine rings is 1. The molecule has 32 heavy (non-hydrogen) atoms. The van der Waals surface area contributed by atoms with Gasteiger partial charge in [0.15, 0.2) is 0 Å². The number of sulfonamides is 1. The van der Waals surface area contributed by atoms with Crippen LogP contribution in [-0.4, -0.2) is 54.9 Å². The maximum atomic E-state index is 13.2. The molecule has 1 atom stereocenters. The van der Waals surface area contributed by atoms with Crippen molar-refractivity contribution in [1.29, 1.82) is 0 Å².